The Hall–Kier alpha value is -0.810. The Labute approximate surface area is 118 Å². The number of halogens is 3. The van der Waals surface area contributed by atoms with Crippen LogP contribution in [0.3, 0.4) is 0 Å². The fourth-order valence-corrected chi connectivity index (χ4v) is 2.40. The molecule has 0 aromatic heterocycles. The van der Waals surface area contributed by atoms with E-state index in [1.54, 1.807) is 31.4 Å². The third-order valence-corrected chi connectivity index (χ3v) is 3.46. The van der Waals surface area contributed by atoms with Crippen LogP contribution in [0, 0.1) is 9.39 Å². The fourth-order valence-electron chi connectivity index (χ4n) is 1.56. The van der Waals surface area contributed by atoms with Gasteiger partial charge in [-0.3, -0.25) is 0 Å². The van der Waals surface area contributed by atoms with E-state index in [0.717, 1.165) is 9.13 Å². The first-order chi connectivity index (χ1) is 8.11. The molecule has 0 aliphatic heterocycles. The average Bonchev–Trinajstić information content (AvgIpc) is 2.29. The van der Waals surface area contributed by atoms with Crippen molar-refractivity contribution in [3.05, 3.63) is 50.8 Å². The van der Waals surface area contributed by atoms with Gasteiger partial charge in [0.15, 0.2) is 0 Å². The molecule has 0 heterocycles. The Bertz CT molecular complexity index is 557. The van der Waals surface area contributed by atoms with E-state index >= 15 is 0 Å². The van der Waals surface area contributed by atoms with Crippen LogP contribution in [0.25, 0.3) is 11.1 Å². The molecule has 0 aliphatic rings. The smallest absolute Gasteiger partial charge is 0.133 e. The molecule has 2 aromatic rings. The lowest BCUT2D eigenvalue weighted by Crippen LogP contribution is -1.92. The van der Waals surface area contributed by atoms with E-state index in [1.165, 1.54) is 6.07 Å². The predicted octanol–water partition coefficient (Wildman–Crippen LogP) is 4.76. The van der Waals surface area contributed by atoms with Crippen LogP contribution in [0.5, 0.6) is 5.75 Å². The molecule has 0 radical (unpaired) electrons. The molecule has 0 saturated heterocycles. The standard InChI is InChI=1S/C13H9ClFIO/c1-17-13-6-10(11(15)7-12(13)16)8-3-2-4-9(14)5-8/h2-7H,1H3. The van der Waals surface area contributed by atoms with E-state index in [1.807, 2.05) is 28.7 Å². The third kappa shape index (κ3) is 2.72. The van der Waals surface area contributed by atoms with Crippen molar-refractivity contribution >= 4 is 34.2 Å². The van der Waals surface area contributed by atoms with Crippen LogP contribution in [-0.2, 0) is 0 Å². The summed E-state index contributed by atoms with van der Waals surface area (Å²) in [5.41, 5.74) is 1.23. The molecule has 1 nitrogen and oxygen atoms in total. The van der Waals surface area contributed by atoms with E-state index < -0.39 is 0 Å². The predicted molar refractivity (Wildman–Crippen MR) is 76.1 cm³/mol. The zero-order chi connectivity index (χ0) is 12.4. The van der Waals surface area contributed by atoms with Crippen molar-refractivity contribution < 1.29 is 9.13 Å². The van der Waals surface area contributed by atoms with Gasteiger partial charge in [0.05, 0.1) is 10.7 Å². The molecule has 0 atom stereocenters. The largest absolute Gasteiger partial charge is 0.496 e. The number of ether oxygens (including phenoxy) is 1. The summed E-state index contributed by atoms with van der Waals surface area (Å²) in [7, 11) is 1.57. The molecule has 0 saturated carbocycles. The highest BCUT2D eigenvalue weighted by atomic mass is 127. The highest BCUT2D eigenvalue weighted by molar-refractivity contribution is 14.1. The van der Waals surface area contributed by atoms with E-state index in [-0.39, 0.29) is 5.82 Å². The highest BCUT2D eigenvalue weighted by Gasteiger charge is 2.10. The Morgan fingerprint density at radius 3 is 2.65 bits per heavy atom. The monoisotopic (exact) mass is 362 g/mol. The zero-order valence-electron chi connectivity index (χ0n) is 9.01. The summed E-state index contributed by atoms with van der Waals surface area (Å²) < 4.78 is 19.8. The van der Waals surface area contributed by atoms with Crippen LogP contribution in [0.2, 0.25) is 5.02 Å². The van der Waals surface area contributed by atoms with Crippen LogP contribution in [0.4, 0.5) is 4.39 Å². The number of benzene rings is 2. The molecule has 0 fully saturated rings. The molecule has 88 valence electrons. The molecule has 0 N–H and O–H groups in total. The van der Waals surface area contributed by atoms with Crippen LogP contribution in [0.15, 0.2) is 36.4 Å². The maximum absolute atomic E-state index is 13.9. The van der Waals surface area contributed by atoms with Crippen molar-refractivity contribution in [1.29, 1.82) is 0 Å². The second-order valence-electron chi connectivity index (χ2n) is 3.48. The second kappa shape index (κ2) is 5.23. The van der Waals surface area contributed by atoms with Gasteiger partial charge in [0, 0.05) is 10.6 Å². The van der Waals surface area contributed by atoms with Crippen LogP contribution < -0.4 is 4.74 Å². The number of hydrogen-bond donors (Lipinski definition) is 0. The van der Waals surface area contributed by atoms with Gasteiger partial charge in [-0.05, 0) is 52.4 Å². The summed E-state index contributed by atoms with van der Waals surface area (Å²) in [4.78, 5) is 0. The van der Waals surface area contributed by atoms with Gasteiger partial charge < -0.3 is 4.74 Å². The molecule has 4 heteroatoms. The van der Waals surface area contributed by atoms with Crippen LogP contribution in [-0.4, -0.2) is 7.11 Å². The molecule has 0 amide bonds. The first-order valence-corrected chi connectivity index (χ1v) is 6.36. The summed E-state index contributed by atoms with van der Waals surface area (Å²) in [5.74, 6) is 0.374. The normalized spacial score (nSPS) is 10.4. The van der Waals surface area contributed by atoms with E-state index in [4.69, 9.17) is 16.3 Å². The van der Waals surface area contributed by atoms with Crippen molar-refractivity contribution in [1.82, 2.24) is 0 Å². The van der Waals surface area contributed by atoms with E-state index in [2.05, 4.69) is 0 Å². The van der Waals surface area contributed by atoms with Gasteiger partial charge in [0.2, 0.25) is 0 Å². The minimum Gasteiger partial charge on any atom is -0.496 e. The third-order valence-electron chi connectivity index (χ3n) is 2.38. The minimum atomic E-state index is -0.280. The lowest BCUT2D eigenvalue weighted by atomic mass is 10.1. The Balaban J connectivity index is 2.59. The lowest BCUT2D eigenvalue weighted by Gasteiger charge is -2.09. The summed E-state index contributed by atoms with van der Waals surface area (Å²) in [6.45, 7) is 0. The van der Waals surface area contributed by atoms with Crippen molar-refractivity contribution in [2.75, 3.05) is 7.11 Å². The highest BCUT2D eigenvalue weighted by Crippen LogP contribution is 2.32. The van der Waals surface area contributed by atoms with E-state index in [0.29, 0.717) is 16.3 Å². The van der Waals surface area contributed by atoms with E-state index in [9.17, 15) is 4.39 Å². The molecular formula is C13H9ClFIO. The van der Waals surface area contributed by atoms with Gasteiger partial charge >= 0.3 is 0 Å². The SMILES string of the molecule is COc1cc(-c2cccc(Cl)c2)c(F)cc1I. The number of rotatable bonds is 2. The lowest BCUT2D eigenvalue weighted by molar-refractivity contribution is 0.411. The topological polar surface area (TPSA) is 9.23 Å². The summed E-state index contributed by atoms with van der Waals surface area (Å²) in [6, 6.07) is 10.2. The van der Waals surface area contributed by atoms with Crippen LogP contribution in [0.1, 0.15) is 0 Å². The molecule has 17 heavy (non-hydrogen) atoms. The summed E-state index contributed by atoms with van der Waals surface area (Å²) in [5, 5.41) is 0.583. The maximum atomic E-state index is 13.9. The van der Waals surface area contributed by atoms with Gasteiger partial charge in [-0.15, -0.1) is 0 Å². The molecule has 0 spiro atoms. The number of methoxy groups -OCH3 is 1. The minimum absolute atomic E-state index is 0.280. The Kier molecular flexibility index (Phi) is 3.89. The molecule has 0 bridgehead atoms. The van der Waals surface area contributed by atoms with Crippen LogP contribution >= 0.6 is 34.2 Å². The average molecular weight is 363 g/mol. The van der Waals surface area contributed by atoms with Gasteiger partial charge in [-0.2, -0.15) is 0 Å². The van der Waals surface area contributed by atoms with Crippen molar-refractivity contribution in [2.24, 2.45) is 0 Å². The first-order valence-electron chi connectivity index (χ1n) is 4.91. The summed E-state index contributed by atoms with van der Waals surface area (Å²) in [6.07, 6.45) is 0. The molecule has 0 unspecified atom stereocenters. The second-order valence-corrected chi connectivity index (χ2v) is 5.08. The quantitative estimate of drug-likeness (QED) is 0.700. The van der Waals surface area contributed by atoms with Crippen molar-refractivity contribution in [2.45, 2.75) is 0 Å². The van der Waals surface area contributed by atoms with Crippen molar-refractivity contribution in [3.63, 3.8) is 0 Å². The summed E-state index contributed by atoms with van der Waals surface area (Å²) >= 11 is 7.93. The molecule has 2 aromatic carbocycles. The van der Waals surface area contributed by atoms with Gasteiger partial charge in [-0.1, -0.05) is 23.7 Å². The molecule has 0 aliphatic carbocycles. The zero-order valence-corrected chi connectivity index (χ0v) is 11.9. The Morgan fingerprint density at radius 2 is 2.00 bits per heavy atom. The number of hydrogen-bond acceptors (Lipinski definition) is 1. The van der Waals surface area contributed by atoms with Gasteiger partial charge in [0.1, 0.15) is 11.6 Å². The molecular weight excluding hydrogens is 353 g/mol. The fraction of sp³-hybridized carbons (Fsp3) is 0.0769. The van der Waals surface area contributed by atoms with Gasteiger partial charge in [0.25, 0.3) is 0 Å². The Morgan fingerprint density at radius 1 is 1.24 bits per heavy atom. The maximum Gasteiger partial charge on any atom is 0.133 e. The van der Waals surface area contributed by atoms with Crippen molar-refractivity contribution in [3.8, 4) is 16.9 Å². The first kappa shape index (κ1) is 12.6. The van der Waals surface area contributed by atoms with Gasteiger partial charge in [-0.25, -0.2) is 4.39 Å². The molecule has 2 rings (SSSR count).